The molecule has 6 heteroatoms. The van der Waals surface area contributed by atoms with E-state index in [-0.39, 0.29) is 11.6 Å². The maximum atomic E-state index is 12.1. The maximum Gasteiger partial charge on any atom is 0.335 e. The number of carboxylic acids is 1. The highest BCUT2D eigenvalue weighted by Crippen LogP contribution is 2.28. The number of nitrogens with zero attached hydrogens (tertiary/aromatic N) is 1. The summed E-state index contributed by atoms with van der Waals surface area (Å²) in [7, 11) is 1.87. The van der Waals surface area contributed by atoms with Gasteiger partial charge in [-0.3, -0.25) is 4.90 Å². The number of carbonyl (C=O) groups excluding carboxylic acids is 1. The van der Waals surface area contributed by atoms with E-state index in [1.54, 1.807) is 17.0 Å². The van der Waals surface area contributed by atoms with Crippen LogP contribution in [0.25, 0.3) is 0 Å². The van der Waals surface area contributed by atoms with Crippen LogP contribution < -0.4 is 15.5 Å². The summed E-state index contributed by atoms with van der Waals surface area (Å²) in [6, 6.07) is 4.77. The van der Waals surface area contributed by atoms with Gasteiger partial charge in [0.25, 0.3) is 0 Å². The molecular weight excluding hydrogens is 258 g/mol. The van der Waals surface area contributed by atoms with Crippen LogP contribution in [0.4, 0.5) is 10.5 Å². The molecule has 0 radical (unpaired) electrons. The minimum Gasteiger partial charge on any atom is -0.478 e. The quantitative estimate of drug-likeness (QED) is 0.703. The van der Waals surface area contributed by atoms with E-state index in [1.165, 1.54) is 6.07 Å². The van der Waals surface area contributed by atoms with Crippen molar-refractivity contribution in [1.29, 1.82) is 0 Å². The Morgan fingerprint density at radius 1 is 1.35 bits per heavy atom. The molecule has 0 spiro atoms. The van der Waals surface area contributed by atoms with E-state index in [0.29, 0.717) is 19.5 Å². The minimum absolute atomic E-state index is 0.122. The van der Waals surface area contributed by atoms with E-state index in [9.17, 15) is 9.59 Å². The molecule has 1 aliphatic heterocycles. The highest BCUT2D eigenvalue weighted by molar-refractivity contribution is 5.95. The fraction of sp³-hybridized carbons (Fsp3) is 0.429. The molecule has 0 saturated heterocycles. The van der Waals surface area contributed by atoms with Crippen molar-refractivity contribution >= 4 is 17.7 Å². The smallest absolute Gasteiger partial charge is 0.335 e. The summed E-state index contributed by atoms with van der Waals surface area (Å²) in [5.41, 5.74) is 1.98. The molecule has 2 amide bonds. The van der Waals surface area contributed by atoms with Gasteiger partial charge in [0, 0.05) is 18.8 Å². The number of rotatable bonds is 5. The lowest BCUT2D eigenvalue weighted by atomic mass is 10.1. The molecule has 0 fully saturated rings. The Morgan fingerprint density at radius 3 is 2.85 bits per heavy atom. The first-order chi connectivity index (χ1) is 9.63. The zero-order valence-electron chi connectivity index (χ0n) is 11.5. The third kappa shape index (κ3) is 3.08. The molecule has 108 valence electrons. The predicted octanol–water partition coefficient (Wildman–Crippen LogP) is 1.07. The maximum absolute atomic E-state index is 12.1. The van der Waals surface area contributed by atoms with Gasteiger partial charge in [0.05, 0.1) is 5.56 Å². The first kappa shape index (κ1) is 14.3. The predicted molar refractivity (Wildman–Crippen MR) is 76.4 cm³/mol. The van der Waals surface area contributed by atoms with Crippen LogP contribution in [-0.2, 0) is 6.42 Å². The van der Waals surface area contributed by atoms with Crippen LogP contribution in [-0.4, -0.2) is 43.8 Å². The number of fused-ring (bicyclic) bond motifs is 1. The molecule has 0 saturated carbocycles. The molecule has 2 rings (SSSR count). The molecule has 0 aromatic heterocycles. The second-order valence-corrected chi connectivity index (χ2v) is 4.74. The molecular formula is C14H19N3O3. The number of urea groups is 1. The fourth-order valence-corrected chi connectivity index (χ4v) is 2.30. The monoisotopic (exact) mass is 277 g/mol. The largest absolute Gasteiger partial charge is 0.478 e. The van der Waals surface area contributed by atoms with Crippen molar-refractivity contribution in [2.45, 2.75) is 12.8 Å². The Morgan fingerprint density at radius 2 is 2.15 bits per heavy atom. The van der Waals surface area contributed by atoms with Crippen LogP contribution >= 0.6 is 0 Å². The van der Waals surface area contributed by atoms with Crippen LogP contribution in [0.1, 0.15) is 22.3 Å². The van der Waals surface area contributed by atoms with Crippen LogP contribution in [0.15, 0.2) is 18.2 Å². The summed E-state index contributed by atoms with van der Waals surface area (Å²) in [5, 5.41) is 14.9. The fourth-order valence-electron chi connectivity index (χ4n) is 2.30. The Bertz CT molecular complexity index is 516. The summed E-state index contributed by atoms with van der Waals surface area (Å²) >= 11 is 0. The Hall–Kier alpha value is -2.08. The molecule has 1 aliphatic rings. The molecule has 0 atom stereocenters. The van der Waals surface area contributed by atoms with Gasteiger partial charge in [-0.25, -0.2) is 9.59 Å². The first-order valence-electron chi connectivity index (χ1n) is 6.69. The summed E-state index contributed by atoms with van der Waals surface area (Å²) < 4.78 is 0. The summed E-state index contributed by atoms with van der Waals surface area (Å²) in [6.45, 7) is 2.08. The van der Waals surface area contributed by atoms with E-state index in [2.05, 4.69) is 10.6 Å². The van der Waals surface area contributed by atoms with Gasteiger partial charge in [-0.2, -0.15) is 0 Å². The minimum atomic E-state index is -0.942. The van der Waals surface area contributed by atoms with E-state index in [4.69, 9.17) is 5.11 Å². The third-order valence-corrected chi connectivity index (χ3v) is 3.35. The number of carboxylic acid groups (broad SMARTS) is 1. The highest BCUT2D eigenvalue weighted by atomic mass is 16.4. The van der Waals surface area contributed by atoms with Crippen molar-refractivity contribution in [3.63, 3.8) is 0 Å². The average molecular weight is 277 g/mol. The number of amides is 2. The number of hydrogen-bond acceptors (Lipinski definition) is 3. The number of nitrogens with one attached hydrogen (secondary N) is 2. The SMILES string of the molecule is CNCCCNC(=O)N1CCc2cc(C(=O)O)ccc21. The van der Waals surface area contributed by atoms with E-state index >= 15 is 0 Å². The first-order valence-corrected chi connectivity index (χ1v) is 6.69. The van der Waals surface area contributed by atoms with Crippen LogP contribution in [0.3, 0.4) is 0 Å². The number of anilines is 1. The molecule has 1 heterocycles. The third-order valence-electron chi connectivity index (χ3n) is 3.35. The summed E-state index contributed by atoms with van der Waals surface area (Å²) in [6.07, 6.45) is 1.57. The van der Waals surface area contributed by atoms with Crippen LogP contribution in [0.5, 0.6) is 0 Å². The van der Waals surface area contributed by atoms with Crippen LogP contribution in [0, 0.1) is 0 Å². The van der Waals surface area contributed by atoms with E-state index in [1.807, 2.05) is 7.05 Å². The molecule has 3 N–H and O–H groups in total. The second-order valence-electron chi connectivity index (χ2n) is 4.74. The topological polar surface area (TPSA) is 81.7 Å². The molecule has 1 aromatic carbocycles. The number of carbonyl (C=O) groups is 2. The van der Waals surface area contributed by atoms with Gasteiger partial charge < -0.3 is 15.7 Å². The lowest BCUT2D eigenvalue weighted by Crippen LogP contribution is -2.39. The van der Waals surface area contributed by atoms with Gasteiger partial charge in [-0.1, -0.05) is 0 Å². The van der Waals surface area contributed by atoms with Gasteiger partial charge >= 0.3 is 12.0 Å². The zero-order valence-corrected chi connectivity index (χ0v) is 11.5. The standard InChI is InChI=1S/C14H19N3O3/c1-15-6-2-7-16-14(20)17-8-5-10-9-11(13(18)19)3-4-12(10)17/h3-4,9,15H,2,5-8H2,1H3,(H,16,20)(H,18,19). The molecule has 20 heavy (non-hydrogen) atoms. The highest BCUT2D eigenvalue weighted by Gasteiger charge is 2.25. The van der Waals surface area contributed by atoms with Crippen molar-refractivity contribution in [3.8, 4) is 0 Å². The van der Waals surface area contributed by atoms with E-state index < -0.39 is 5.97 Å². The number of aromatic carboxylic acids is 1. The molecule has 0 unspecified atom stereocenters. The lowest BCUT2D eigenvalue weighted by Gasteiger charge is -2.18. The van der Waals surface area contributed by atoms with Gasteiger partial charge in [0.1, 0.15) is 0 Å². The summed E-state index contributed by atoms with van der Waals surface area (Å²) in [5.74, 6) is -0.942. The van der Waals surface area contributed by atoms with E-state index in [0.717, 1.165) is 24.2 Å². The van der Waals surface area contributed by atoms with Crippen molar-refractivity contribution < 1.29 is 14.7 Å². The molecule has 0 bridgehead atoms. The van der Waals surface area contributed by atoms with Gasteiger partial charge in [0.15, 0.2) is 0 Å². The second kappa shape index (κ2) is 6.38. The molecule has 0 aliphatic carbocycles. The van der Waals surface area contributed by atoms with Crippen molar-refractivity contribution in [2.75, 3.05) is 31.6 Å². The average Bonchev–Trinajstić information content (AvgIpc) is 2.86. The van der Waals surface area contributed by atoms with Crippen molar-refractivity contribution in [1.82, 2.24) is 10.6 Å². The lowest BCUT2D eigenvalue weighted by molar-refractivity contribution is 0.0697. The molecule has 6 nitrogen and oxygen atoms in total. The zero-order chi connectivity index (χ0) is 14.5. The Balaban J connectivity index is 2.00. The van der Waals surface area contributed by atoms with Gasteiger partial charge in [-0.15, -0.1) is 0 Å². The normalized spacial score (nSPS) is 13.2. The van der Waals surface area contributed by atoms with Crippen molar-refractivity contribution in [2.24, 2.45) is 0 Å². The number of hydrogen-bond donors (Lipinski definition) is 3. The Labute approximate surface area is 117 Å². The van der Waals surface area contributed by atoms with Gasteiger partial charge in [0.2, 0.25) is 0 Å². The summed E-state index contributed by atoms with van der Waals surface area (Å²) in [4.78, 5) is 24.7. The van der Waals surface area contributed by atoms with Gasteiger partial charge in [-0.05, 0) is 50.2 Å². The Kier molecular flexibility index (Phi) is 4.57. The van der Waals surface area contributed by atoms with Crippen molar-refractivity contribution in [3.05, 3.63) is 29.3 Å². The number of benzene rings is 1. The molecule has 1 aromatic rings. The van der Waals surface area contributed by atoms with Crippen LogP contribution in [0.2, 0.25) is 0 Å².